The second kappa shape index (κ2) is 5.56. The molecular formula is C12H8BrClN6. The van der Waals surface area contributed by atoms with Crippen LogP contribution in [0.15, 0.2) is 47.5 Å². The maximum Gasteiger partial charge on any atom is 0.241 e. The van der Waals surface area contributed by atoms with Gasteiger partial charge in [-0.2, -0.15) is 15.0 Å². The summed E-state index contributed by atoms with van der Waals surface area (Å²) in [5.74, 6) is 0.776. The first-order chi connectivity index (χ1) is 9.70. The molecule has 0 aliphatic carbocycles. The molecule has 3 aromatic rings. The summed E-state index contributed by atoms with van der Waals surface area (Å²) in [5.41, 5.74) is 0.854. The molecule has 2 heterocycles. The van der Waals surface area contributed by atoms with Gasteiger partial charge < -0.3 is 5.32 Å². The molecule has 8 heteroatoms. The highest BCUT2D eigenvalue weighted by Crippen LogP contribution is 2.18. The van der Waals surface area contributed by atoms with Crippen LogP contribution >= 0.6 is 27.5 Å². The first-order valence-corrected chi connectivity index (χ1v) is 6.80. The molecule has 0 fully saturated rings. The molecule has 20 heavy (non-hydrogen) atoms. The highest BCUT2D eigenvalue weighted by molar-refractivity contribution is 9.10. The lowest BCUT2D eigenvalue weighted by atomic mass is 10.3. The molecule has 0 radical (unpaired) electrons. The Morgan fingerprint density at radius 3 is 2.60 bits per heavy atom. The molecular weight excluding hydrogens is 344 g/mol. The van der Waals surface area contributed by atoms with E-state index in [4.69, 9.17) is 11.6 Å². The molecule has 0 atom stereocenters. The molecule has 1 N–H and O–H groups in total. The third-order valence-electron chi connectivity index (χ3n) is 2.43. The van der Waals surface area contributed by atoms with Gasteiger partial charge in [-0.3, -0.25) is 4.57 Å². The van der Waals surface area contributed by atoms with Crippen LogP contribution in [0.5, 0.6) is 0 Å². The van der Waals surface area contributed by atoms with Crippen LogP contribution in [0.1, 0.15) is 0 Å². The molecule has 6 nitrogen and oxygen atoms in total. The Morgan fingerprint density at radius 2 is 1.90 bits per heavy atom. The van der Waals surface area contributed by atoms with Crippen LogP contribution in [0, 0.1) is 0 Å². The van der Waals surface area contributed by atoms with Crippen molar-refractivity contribution in [2.24, 2.45) is 0 Å². The normalized spacial score (nSPS) is 10.5. The number of imidazole rings is 1. The van der Waals surface area contributed by atoms with E-state index in [1.165, 1.54) is 0 Å². The molecule has 0 aliphatic heterocycles. The van der Waals surface area contributed by atoms with Gasteiger partial charge in [-0.25, -0.2) is 4.98 Å². The molecule has 100 valence electrons. The first-order valence-electron chi connectivity index (χ1n) is 5.63. The van der Waals surface area contributed by atoms with Gasteiger partial charge in [-0.15, -0.1) is 0 Å². The number of halogens is 2. The first kappa shape index (κ1) is 13.0. The standard InChI is InChI=1S/C12H8BrClN6/c13-8-1-3-9(4-2-8)16-11-17-10(14)18-12(19-11)20-6-5-15-7-20/h1-7H,(H,16,17,18,19). The third-order valence-corrected chi connectivity index (χ3v) is 3.13. The minimum absolute atomic E-state index is 0.114. The Kier molecular flexibility index (Phi) is 3.62. The molecule has 0 unspecified atom stereocenters. The summed E-state index contributed by atoms with van der Waals surface area (Å²) in [4.78, 5) is 16.3. The highest BCUT2D eigenvalue weighted by atomic mass is 79.9. The molecule has 2 aromatic heterocycles. The van der Waals surface area contributed by atoms with Gasteiger partial charge in [-0.05, 0) is 35.9 Å². The van der Waals surface area contributed by atoms with Gasteiger partial charge in [-0.1, -0.05) is 15.9 Å². The maximum absolute atomic E-state index is 5.91. The molecule has 3 rings (SSSR count). The van der Waals surface area contributed by atoms with Crippen LogP contribution in [0.2, 0.25) is 5.28 Å². The van der Waals surface area contributed by atoms with Crippen molar-refractivity contribution in [3.8, 4) is 5.95 Å². The molecule has 0 amide bonds. The maximum atomic E-state index is 5.91. The summed E-state index contributed by atoms with van der Waals surface area (Å²) in [7, 11) is 0. The molecule has 0 aliphatic rings. The summed E-state index contributed by atoms with van der Waals surface area (Å²) in [6.07, 6.45) is 4.96. The summed E-state index contributed by atoms with van der Waals surface area (Å²) >= 11 is 9.29. The number of nitrogens with one attached hydrogen (secondary N) is 1. The van der Waals surface area contributed by atoms with E-state index >= 15 is 0 Å². The van der Waals surface area contributed by atoms with Crippen molar-refractivity contribution in [2.75, 3.05) is 5.32 Å². The Balaban J connectivity index is 1.92. The molecule has 0 saturated carbocycles. The number of benzene rings is 1. The van der Waals surface area contributed by atoms with Crippen LogP contribution in [-0.4, -0.2) is 24.5 Å². The zero-order valence-electron chi connectivity index (χ0n) is 10.0. The van der Waals surface area contributed by atoms with Crippen molar-refractivity contribution in [2.45, 2.75) is 0 Å². The second-order valence-corrected chi connectivity index (χ2v) is 5.08. The van der Waals surface area contributed by atoms with E-state index in [1.54, 1.807) is 23.3 Å². The number of anilines is 2. The van der Waals surface area contributed by atoms with E-state index in [0.29, 0.717) is 11.9 Å². The summed E-state index contributed by atoms with van der Waals surface area (Å²) in [6, 6.07) is 7.64. The Labute approximate surface area is 128 Å². The monoisotopic (exact) mass is 350 g/mol. The van der Waals surface area contributed by atoms with Gasteiger partial charge in [0.1, 0.15) is 6.33 Å². The molecule has 0 bridgehead atoms. The van der Waals surface area contributed by atoms with Crippen molar-refractivity contribution in [3.63, 3.8) is 0 Å². The van der Waals surface area contributed by atoms with Crippen LogP contribution < -0.4 is 5.32 Å². The van der Waals surface area contributed by atoms with Crippen LogP contribution in [0.3, 0.4) is 0 Å². The van der Waals surface area contributed by atoms with Crippen LogP contribution in [-0.2, 0) is 0 Å². The minimum Gasteiger partial charge on any atom is -0.324 e. The quantitative estimate of drug-likeness (QED) is 0.784. The fourth-order valence-electron chi connectivity index (χ4n) is 1.55. The van der Waals surface area contributed by atoms with E-state index < -0.39 is 0 Å². The molecule has 0 saturated heterocycles. The van der Waals surface area contributed by atoms with Crippen molar-refractivity contribution in [1.82, 2.24) is 24.5 Å². The van der Waals surface area contributed by atoms with E-state index in [-0.39, 0.29) is 5.28 Å². The molecule has 1 aromatic carbocycles. The van der Waals surface area contributed by atoms with Crippen LogP contribution in [0.25, 0.3) is 5.95 Å². The Hall–Kier alpha value is -1.99. The van der Waals surface area contributed by atoms with Gasteiger partial charge in [0.25, 0.3) is 0 Å². The zero-order valence-corrected chi connectivity index (χ0v) is 12.4. The minimum atomic E-state index is 0.114. The van der Waals surface area contributed by atoms with E-state index in [9.17, 15) is 0 Å². The van der Waals surface area contributed by atoms with Gasteiger partial charge in [0.05, 0.1) is 0 Å². The molecule has 0 spiro atoms. The lowest BCUT2D eigenvalue weighted by Gasteiger charge is -2.07. The Bertz CT molecular complexity index is 713. The predicted molar refractivity (Wildman–Crippen MR) is 79.4 cm³/mol. The SMILES string of the molecule is Clc1nc(Nc2ccc(Br)cc2)nc(-n2ccnc2)n1. The predicted octanol–water partition coefficient (Wildman–Crippen LogP) is 3.22. The smallest absolute Gasteiger partial charge is 0.241 e. The van der Waals surface area contributed by atoms with Crippen molar-refractivity contribution < 1.29 is 0 Å². The van der Waals surface area contributed by atoms with Gasteiger partial charge in [0, 0.05) is 22.6 Å². The van der Waals surface area contributed by atoms with Crippen molar-refractivity contribution in [3.05, 3.63) is 52.7 Å². The summed E-state index contributed by atoms with van der Waals surface area (Å²) in [6.45, 7) is 0. The number of hydrogen-bond acceptors (Lipinski definition) is 5. The van der Waals surface area contributed by atoms with Gasteiger partial charge >= 0.3 is 0 Å². The van der Waals surface area contributed by atoms with E-state index in [2.05, 4.69) is 41.2 Å². The topological polar surface area (TPSA) is 68.5 Å². The number of nitrogens with zero attached hydrogens (tertiary/aromatic N) is 5. The van der Waals surface area contributed by atoms with Gasteiger partial charge in [0.15, 0.2) is 0 Å². The number of hydrogen-bond donors (Lipinski definition) is 1. The highest BCUT2D eigenvalue weighted by Gasteiger charge is 2.06. The van der Waals surface area contributed by atoms with Crippen molar-refractivity contribution >= 4 is 39.2 Å². The third kappa shape index (κ3) is 2.94. The number of rotatable bonds is 3. The van der Waals surface area contributed by atoms with E-state index in [1.807, 2.05) is 24.3 Å². The van der Waals surface area contributed by atoms with E-state index in [0.717, 1.165) is 10.2 Å². The lowest BCUT2D eigenvalue weighted by Crippen LogP contribution is -2.05. The summed E-state index contributed by atoms with van der Waals surface area (Å²) in [5, 5.41) is 3.19. The zero-order chi connectivity index (χ0) is 13.9. The van der Waals surface area contributed by atoms with Gasteiger partial charge in [0.2, 0.25) is 17.2 Å². The second-order valence-electron chi connectivity index (χ2n) is 3.83. The summed E-state index contributed by atoms with van der Waals surface area (Å²) < 4.78 is 2.65. The Morgan fingerprint density at radius 1 is 1.10 bits per heavy atom. The van der Waals surface area contributed by atoms with Crippen molar-refractivity contribution in [1.29, 1.82) is 0 Å². The fourth-order valence-corrected chi connectivity index (χ4v) is 1.97. The van der Waals surface area contributed by atoms with Crippen LogP contribution in [0.4, 0.5) is 11.6 Å². The lowest BCUT2D eigenvalue weighted by molar-refractivity contribution is 0.899. The number of aromatic nitrogens is 5. The average Bonchev–Trinajstić information content (AvgIpc) is 2.95. The fraction of sp³-hybridized carbons (Fsp3) is 0. The largest absolute Gasteiger partial charge is 0.324 e. The average molecular weight is 352 g/mol.